The lowest BCUT2D eigenvalue weighted by Gasteiger charge is -2.39. The first-order chi connectivity index (χ1) is 14.9. The Hall–Kier alpha value is -2.07. The summed E-state index contributed by atoms with van der Waals surface area (Å²) in [4.78, 5) is 15.2. The summed E-state index contributed by atoms with van der Waals surface area (Å²) in [5.41, 5.74) is 6.15. The number of piperidine rings is 1. The number of amides is 1. The standard InChI is InChI=1S/C27H39N3O/c1-19-9-14-26-24(17-19)18-22(4)30(26)25-12-10-23(11-13-25)27(31)28-15-6-16-29-20(2)7-5-8-21(29)3/h10-13,18-21H,5-9,14-17H2,1-4H3,(H,28,31). The van der Waals surface area contributed by atoms with Crippen LogP contribution in [-0.2, 0) is 12.8 Å². The van der Waals surface area contributed by atoms with E-state index in [0.717, 1.165) is 43.1 Å². The predicted molar refractivity (Wildman–Crippen MR) is 128 cm³/mol. The molecule has 3 atom stereocenters. The van der Waals surface area contributed by atoms with E-state index in [-0.39, 0.29) is 5.91 Å². The van der Waals surface area contributed by atoms with E-state index in [0.29, 0.717) is 12.1 Å². The fourth-order valence-electron chi connectivity index (χ4n) is 5.67. The summed E-state index contributed by atoms with van der Waals surface area (Å²) >= 11 is 0. The quantitative estimate of drug-likeness (QED) is 0.643. The van der Waals surface area contributed by atoms with Crippen LogP contribution in [0.3, 0.4) is 0 Å². The van der Waals surface area contributed by atoms with Crippen LogP contribution in [0.25, 0.3) is 5.69 Å². The van der Waals surface area contributed by atoms with Crippen molar-refractivity contribution < 1.29 is 4.79 Å². The van der Waals surface area contributed by atoms with E-state index in [1.54, 1.807) is 0 Å². The highest BCUT2D eigenvalue weighted by molar-refractivity contribution is 5.94. The number of carbonyl (C=O) groups excluding carboxylic acids is 1. The Labute approximate surface area is 188 Å². The number of hydrogen-bond acceptors (Lipinski definition) is 2. The second-order valence-corrected chi connectivity index (χ2v) is 9.96. The molecule has 2 heterocycles. The summed E-state index contributed by atoms with van der Waals surface area (Å²) in [7, 11) is 0. The summed E-state index contributed by atoms with van der Waals surface area (Å²) in [6.45, 7) is 11.0. The molecule has 1 aromatic heterocycles. The van der Waals surface area contributed by atoms with E-state index in [1.165, 1.54) is 49.1 Å². The van der Waals surface area contributed by atoms with Crippen molar-refractivity contribution in [2.24, 2.45) is 5.92 Å². The monoisotopic (exact) mass is 421 g/mol. The molecule has 1 N–H and O–H groups in total. The Morgan fingerprint density at radius 2 is 1.77 bits per heavy atom. The lowest BCUT2D eigenvalue weighted by Crippen LogP contribution is -2.44. The summed E-state index contributed by atoms with van der Waals surface area (Å²) in [6, 6.07) is 11.8. The van der Waals surface area contributed by atoms with Crippen molar-refractivity contribution in [3.8, 4) is 5.69 Å². The van der Waals surface area contributed by atoms with E-state index in [2.05, 4.69) is 60.7 Å². The maximum atomic E-state index is 12.6. The number of nitrogens with zero attached hydrogens (tertiary/aromatic N) is 2. The number of benzene rings is 1. The van der Waals surface area contributed by atoms with Crippen molar-refractivity contribution in [1.82, 2.24) is 14.8 Å². The second kappa shape index (κ2) is 9.60. The Bertz CT molecular complexity index is 888. The van der Waals surface area contributed by atoms with Crippen molar-refractivity contribution in [1.29, 1.82) is 0 Å². The summed E-state index contributed by atoms with van der Waals surface area (Å²) in [5, 5.41) is 3.12. The zero-order chi connectivity index (χ0) is 22.0. The normalized spacial score (nSPS) is 24.1. The Morgan fingerprint density at radius 3 is 2.48 bits per heavy atom. The average Bonchev–Trinajstić information content (AvgIpc) is 3.07. The van der Waals surface area contributed by atoms with Crippen LogP contribution in [0.15, 0.2) is 30.3 Å². The van der Waals surface area contributed by atoms with Gasteiger partial charge in [-0.25, -0.2) is 0 Å². The van der Waals surface area contributed by atoms with Gasteiger partial charge < -0.3 is 9.88 Å². The number of fused-ring (bicyclic) bond motifs is 1. The van der Waals surface area contributed by atoms with Gasteiger partial charge in [-0.15, -0.1) is 0 Å². The summed E-state index contributed by atoms with van der Waals surface area (Å²) in [5.74, 6) is 0.807. The lowest BCUT2D eigenvalue weighted by atomic mass is 9.89. The molecule has 1 aromatic carbocycles. The topological polar surface area (TPSA) is 37.3 Å². The fraction of sp³-hybridized carbons (Fsp3) is 0.593. The number of aryl methyl sites for hydroxylation is 1. The first-order valence-electron chi connectivity index (χ1n) is 12.3. The van der Waals surface area contributed by atoms with Crippen LogP contribution in [-0.4, -0.2) is 40.5 Å². The number of aromatic nitrogens is 1. The van der Waals surface area contributed by atoms with E-state index in [1.807, 2.05) is 12.1 Å². The molecule has 1 aliphatic carbocycles. The molecule has 0 bridgehead atoms. The minimum absolute atomic E-state index is 0.0337. The van der Waals surface area contributed by atoms with Gasteiger partial charge >= 0.3 is 0 Å². The van der Waals surface area contributed by atoms with Gasteiger partial charge in [0.25, 0.3) is 5.91 Å². The molecule has 1 saturated heterocycles. The third-order valence-corrected chi connectivity index (χ3v) is 7.46. The number of hydrogen-bond donors (Lipinski definition) is 1. The minimum Gasteiger partial charge on any atom is -0.352 e. The van der Waals surface area contributed by atoms with Crippen LogP contribution in [0.2, 0.25) is 0 Å². The molecule has 2 aliphatic rings. The molecule has 0 spiro atoms. The molecule has 4 heteroatoms. The molecular formula is C27H39N3O. The van der Waals surface area contributed by atoms with E-state index < -0.39 is 0 Å². The maximum absolute atomic E-state index is 12.6. The molecule has 0 saturated carbocycles. The minimum atomic E-state index is 0.0337. The molecule has 4 rings (SSSR count). The van der Waals surface area contributed by atoms with E-state index in [4.69, 9.17) is 0 Å². The SMILES string of the molecule is Cc1cc2c(n1-c1ccc(C(=O)NCCCN3C(C)CCCC3C)cc1)CCC(C)C2. The van der Waals surface area contributed by atoms with Gasteiger partial charge in [-0.1, -0.05) is 13.3 Å². The van der Waals surface area contributed by atoms with Crippen molar-refractivity contribution >= 4 is 5.91 Å². The van der Waals surface area contributed by atoms with Gasteiger partial charge in [-0.3, -0.25) is 9.69 Å². The van der Waals surface area contributed by atoms with Gasteiger partial charge in [0.05, 0.1) is 0 Å². The number of likely N-dealkylation sites (tertiary alicyclic amines) is 1. The van der Waals surface area contributed by atoms with Gasteiger partial charge in [0, 0.05) is 47.8 Å². The van der Waals surface area contributed by atoms with Crippen LogP contribution in [0.5, 0.6) is 0 Å². The highest BCUT2D eigenvalue weighted by Crippen LogP contribution is 2.30. The van der Waals surface area contributed by atoms with Gasteiger partial charge in [0.15, 0.2) is 0 Å². The van der Waals surface area contributed by atoms with Crippen LogP contribution in [0.1, 0.15) is 80.2 Å². The number of rotatable bonds is 6. The van der Waals surface area contributed by atoms with Gasteiger partial charge in [-0.2, -0.15) is 0 Å². The zero-order valence-electron chi connectivity index (χ0n) is 19.8. The zero-order valence-corrected chi connectivity index (χ0v) is 19.8. The predicted octanol–water partition coefficient (Wildman–Crippen LogP) is 5.29. The molecule has 1 fully saturated rings. The molecule has 4 nitrogen and oxygen atoms in total. The fourth-order valence-corrected chi connectivity index (χ4v) is 5.67. The average molecular weight is 422 g/mol. The van der Waals surface area contributed by atoms with E-state index >= 15 is 0 Å². The number of nitrogens with one attached hydrogen (secondary N) is 1. The van der Waals surface area contributed by atoms with Crippen molar-refractivity contribution in [3.05, 3.63) is 52.8 Å². The smallest absolute Gasteiger partial charge is 0.251 e. The van der Waals surface area contributed by atoms with Gasteiger partial charge in [0.1, 0.15) is 0 Å². The third kappa shape index (κ3) is 4.90. The molecule has 168 valence electrons. The lowest BCUT2D eigenvalue weighted by molar-refractivity contribution is 0.0925. The first-order valence-corrected chi connectivity index (χ1v) is 12.3. The van der Waals surface area contributed by atoms with Crippen LogP contribution >= 0.6 is 0 Å². The van der Waals surface area contributed by atoms with Crippen LogP contribution < -0.4 is 5.32 Å². The molecule has 0 radical (unpaired) electrons. The Kier molecular flexibility index (Phi) is 6.86. The van der Waals surface area contributed by atoms with Crippen molar-refractivity contribution in [2.45, 2.75) is 84.7 Å². The molecule has 2 aromatic rings. The van der Waals surface area contributed by atoms with Crippen LogP contribution in [0.4, 0.5) is 0 Å². The molecule has 1 amide bonds. The van der Waals surface area contributed by atoms with Gasteiger partial charge in [-0.05, 0) is 101 Å². The summed E-state index contributed by atoms with van der Waals surface area (Å²) < 4.78 is 2.38. The largest absolute Gasteiger partial charge is 0.352 e. The molecule has 1 aliphatic heterocycles. The van der Waals surface area contributed by atoms with Crippen molar-refractivity contribution in [3.63, 3.8) is 0 Å². The Balaban J connectivity index is 1.33. The molecule has 3 unspecified atom stereocenters. The second-order valence-electron chi connectivity index (χ2n) is 9.96. The maximum Gasteiger partial charge on any atom is 0.251 e. The first kappa shape index (κ1) is 22.1. The highest BCUT2D eigenvalue weighted by atomic mass is 16.1. The molecular weight excluding hydrogens is 382 g/mol. The van der Waals surface area contributed by atoms with E-state index in [9.17, 15) is 4.79 Å². The van der Waals surface area contributed by atoms with Crippen LogP contribution in [0, 0.1) is 12.8 Å². The third-order valence-electron chi connectivity index (χ3n) is 7.46. The van der Waals surface area contributed by atoms with Crippen molar-refractivity contribution in [2.75, 3.05) is 13.1 Å². The van der Waals surface area contributed by atoms with Gasteiger partial charge in [0.2, 0.25) is 0 Å². The highest BCUT2D eigenvalue weighted by Gasteiger charge is 2.24. The Morgan fingerprint density at radius 1 is 1.06 bits per heavy atom. The number of carbonyl (C=O) groups is 1. The molecule has 31 heavy (non-hydrogen) atoms. The summed E-state index contributed by atoms with van der Waals surface area (Å²) in [6.07, 6.45) is 8.52.